The summed E-state index contributed by atoms with van der Waals surface area (Å²) >= 11 is 0. The number of rotatable bonds is 2. The Labute approximate surface area is 76.2 Å². The predicted molar refractivity (Wildman–Crippen MR) is 50.2 cm³/mol. The van der Waals surface area contributed by atoms with Gasteiger partial charge in [-0.3, -0.25) is 4.79 Å². The third-order valence-electron chi connectivity index (χ3n) is 1.84. The lowest BCUT2D eigenvalue weighted by Crippen LogP contribution is -2.21. The van der Waals surface area contributed by atoms with E-state index in [1.54, 1.807) is 12.1 Å². The lowest BCUT2D eigenvalue weighted by molar-refractivity contribution is -0.138. The molecule has 0 spiro atoms. The molecule has 70 valence electrons. The molecule has 0 aliphatic rings. The first-order valence-corrected chi connectivity index (χ1v) is 3.87. The van der Waals surface area contributed by atoms with E-state index in [0.29, 0.717) is 11.3 Å². The first kappa shape index (κ1) is 9.54. The second-order valence-electron chi connectivity index (χ2n) is 2.95. The molecule has 13 heavy (non-hydrogen) atoms. The van der Waals surface area contributed by atoms with Crippen LogP contribution < -0.4 is 11.5 Å². The number of aryl methyl sites for hydroxylation is 1. The molecule has 0 unspecified atom stereocenters. The van der Waals surface area contributed by atoms with Crippen LogP contribution in [-0.2, 0) is 4.79 Å². The fraction of sp³-hybridized carbons (Fsp3) is 0.222. The first-order chi connectivity index (χ1) is 6.02. The van der Waals surface area contributed by atoms with Crippen LogP contribution in [0.25, 0.3) is 0 Å². The average molecular weight is 180 g/mol. The average Bonchev–Trinajstić information content (AvgIpc) is 2.08. The van der Waals surface area contributed by atoms with E-state index in [4.69, 9.17) is 16.6 Å². The van der Waals surface area contributed by atoms with Crippen molar-refractivity contribution in [1.82, 2.24) is 0 Å². The molecule has 0 aliphatic carbocycles. The molecule has 0 aliphatic heterocycles. The Morgan fingerprint density at radius 3 is 2.69 bits per heavy atom. The van der Waals surface area contributed by atoms with Crippen LogP contribution in [0.4, 0.5) is 5.69 Å². The van der Waals surface area contributed by atoms with E-state index in [1.165, 1.54) is 0 Å². The molecule has 0 bridgehead atoms. The Hall–Kier alpha value is -1.55. The normalized spacial score (nSPS) is 12.5. The van der Waals surface area contributed by atoms with Crippen LogP contribution in [0.2, 0.25) is 0 Å². The van der Waals surface area contributed by atoms with Crippen molar-refractivity contribution in [2.75, 3.05) is 5.73 Å². The Morgan fingerprint density at radius 1 is 1.54 bits per heavy atom. The van der Waals surface area contributed by atoms with Crippen LogP contribution in [0.3, 0.4) is 0 Å². The molecule has 0 amide bonds. The molecule has 0 saturated carbocycles. The van der Waals surface area contributed by atoms with Crippen LogP contribution in [0.15, 0.2) is 18.2 Å². The summed E-state index contributed by atoms with van der Waals surface area (Å²) in [5, 5.41) is 8.67. The summed E-state index contributed by atoms with van der Waals surface area (Å²) in [5.74, 6) is -1.07. The summed E-state index contributed by atoms with van der Waals surface area (Å²) in [7, 11) is 0. The van der Waals surface area contributed by atoms with Gasteiger partial charge in [-0.2, -0.15) is 0 Å². The van der Waals surface area contributed by atoms with E-state index in [-0.39, 0.29) is 0 Å². The number of anilines is 1. The van der Waals surface area contributed by atoms with Gasteiger partial charge in [0.1, 0.15) is 6.04 Å². The van der Waals surface area contributed by atoms with Gasteiger partial charge < -0.3 is 16.6 Å². The fourth-order valence-corrected chi connectivity index (χ4v) is 1.10. The van der Waals surface area contributed by atoms with Crippen molar-refractivity contribution in [2.24, 2.45) is 5.73 Å². The molecule has 0 saturated heterocycles. The Kier molecular flexibility index (Phi) is 2.53. The van der Waals surface area contributed by atoms with Gasteiger partial charge in [0, 0.05) is 11.3 Å². The van der Waals surface area contributed by atoms with Crippen molar-refractivity contribution in [3.05, 3.63) is 29.3 Å². The zero-order chi connectivity index (χ0) is 10.0. The SMILES string of the molecule is Cc1ccc(N)c([C@H](N)C(=O)O)c1. The third kappa shape index (κ3) is 1.97. The number of carboxylic acids is 1. The van der Waals surface area contributed by atoms with Gasteiger partial charge in [0.15, 0.2) is 0 Å². The summed E-state index contributed by atoms with van der Waals surface area (Å²) in [6.45, 7) is 1.86. The fourth-order valence-electron chi connectivity index (χ4n) is 1.10. The standard InChI is InChI=1S/C9H12N2O2/c1-5-2-3-7(10)6(4-5)8(11)9(12)13/h2-4,8H,10-11H2,1H3,(H,12,13)/t8-/m0/s1. The van der Waals surface area contributed by atoms with E-state index >= 15 is 0 Å². The summed E-state index contributed by atoms with van der Waals surface area (Å²) in [4.78, 5) is 10.6. The van der Waals surface area contributed by atoms with Gasteiger partial charge in [-0.15, -0.1) is 0 Å². The van der Waals surface area contributed by atoms with Crippen molar-refractivity contribution in [3.63, 3.8) is 0 Å². The maximum Gasteiger partial charge on any atom is 0.325 e. The number of nitrogen functional groups attached to an aromatic ring is 1. The van der Waals surface area contributed by atoms with E-state index in [0.717, 1.165) is 5.56 Å². The van der Waals surface area contributed by atoms with Crippen LogP contribution in [0.5, 0.6) is 0 Å². The molecule has 0 aromatic heterocycles. The highest BCUT2D eigenvalue weighted by Gasteiger charge is 2.16. The van der Waals surface area contributed by atoms with Crippen molar-refractivity contribution < 1.29 is 9.90 Å². The quantitative estimate of drug-likeness (QED) is 0.583. The van der Waals surface area contributed by atoms with Crippen LogP contribution >= 0.6 is 0 Å². The molecule has 1 aromatic carbocycles. The maximum absolute atomic E-state index is 10.6. The molecule has 1 atom stereocenters. The largest absolute Gasteiger partial charge is 0.480 e. The van der Waals surface area contributed by atoms with Gasteiger partial charge in [0.25, 0.3) is 0 Å². The van der Waals surface area contributed by atoms with Crippen molar-refractivity contribution in [3.8, 4) is 0 Å². The van der Waals surface area contributed by atoms with Crippen LogP contribution in [-0.4, -0.2) is 11.1 Å². The van der Waals surface area contributed by atoms with Crippen LogP contribution in [0, 0.1) is 6.92 Å². The third-order valence-corrected chi connectivity index (χ3v) is 1.84. The number of aliphatic carboxylic acids is 1. The highest BCUT2D eigenvalue weighted by Crippen LogP contribution is 2.19. The van der Waals surface area contributed by atoms with Gasteiger partial charge in [-0.05, 0) is 13.0 Å². The second kappa shape index (κ2) is 3.45. The molecule has 1 rings (SSSR count). The summed E-state index contributed by atoms with van der Waals surface area (Å²) in [6, 6.07) is 4.12. The van der Waals surface area contributed by atoms with Crippen molar-refractivity contribution in [1.29, 1.82) is 0 Å². The highest BCUT2D eigenvalue weighted by atomic mass is 16.4. The van der Waals surface area contributed by atoms with Gasteiger partial charge in [-0.1, -0.05) is 17.7 Å². The number of hydrogen-bond donors (Lipinski definition) is 3. The number of benzene rings is 1. The molecular weight excluding hydrogens is 168 g/mol. The predicted octanol–water partition coefficient (Wildman–Crippen LogP) is 0.662. The van der Waals surface area contributed by atoms with E-state index in [2.05, 4.69) is 0 Å². The minimum absolute atomic E-state index is 0.417. The topological polar surface area (TPSA) is 89.3 Å². The second-order valence-corrected chi connectivity index (χ2v) is 2.95. The molecule has 5 N–H and O–H groups in total. The Morgan fingerprint density at radius 2 is 2.15 bits per heavy atom. The molecule has 0 fully saturated rings. The minimum Gasteiger partial charge on any atom is -0.480 e. The molecule has 4 heteroatoms. The van der Waals surface area contributed by atoms with E-state index in [9.17, 15) is 4.79 Å². The smallest absolute Gasteiger partial charge is 0.325 e. The molecule has 0 heterocycles. The zero-order valence-corrected chi connectivity index (χ0v) is 7.32. The number of hydrogen-bond acceptors (Lipinski definition) is 3. The number of carboxylic acid groups (broad SMARTS) is 1. The highest BCUT2D eigenvalue weighted by molar-refractivity contribution is 5.77. The lowest BCUT2D eigenvalue weighted by atomic mass is 10.0. The molecule has 1 aromatic rings. The van der Waals surface area contributed by atoms with Gasteiger partial charge in [0.2, 0.25) is 0 Å². The summed E-state index contributed by atoms with van der Waals surface area (Å²) < 4.78 is 0. The summed E-state index contributed by atoms with van der Waals surface area (Å²) in [5.41, 5.74) is 12.8. The van der Waals surface area contributed by atoms with Crippen molar-refractivity contribution in [2.45, 2.75) is 13.0 Å². The molecule has 4 nitrogen and oxygen atoms in total. The molecule has 0 radical (unpaired) electrons. The van der Waals surface area contributed by atoms with Crippen molar-refractivity contribution >= 4 is 11.7 Å². The Balaban J connectivity index is 3.12. The first-order valence-electron chi connectivity index (χ1n) is 3.87. The minimum atomic E-state index is -1.07. The Bertz CT molecular complexity index is 336. The molecular formula is C9H12N2O2. The van der Waals surface area contributed by atoms with Gasteiger partial charge in [0.05, 0.1) is 0 Å². The summed E-state index contributed by atoms with van der Waals surface area (Å²) in [6.07, 6.45) is 0. The van der Waals surface area contributed by atoms with E-state index < -0.39 is 12.0 Å². The van der Waals surface area contributed by atoms with E-state index in [1.807, 2.05) is 13.0 Å². The van der Waals surface area contributed by atoms with Crippen LogP contribution in [0.1, 0.15) is 17.2 Å². The monoisotopic (exact) mass is 180 g/mol. The number of nitrogens with two attached hydrogens (primary N) is 2. The zero-order valence-electron chi connectivity index (χ0n) is 7.32. The lowest BCUT2D eigenvalue weighted by Gasteiger charge is -2.10. The van der Waals surface area contributed by atoms with Gasteiger partial charge >= 0.3 is 5.97 Å². The maximum atomic E-state index is 10.6. The number of carbonyl (C=O) groups is 1. The van der Waals surface area contributed by atoms with Gasteiger partial charge in [-0.25, -0.2) is 0 Å².